The number of nitrogens with zero attached hydrogens (tertiary/aromatic N) is 7. The van der Waals surface area contributed by atoms with Crippen LogP contribution in [0, 0.1) is 6.92 Å². The maximum absolute atomic E-state index is 12.8. The second kappa shape index (κ2) is 10.6. The van der Waals surface area contributed by atoms with E-state index in [0.29, 0.717) is 36.0 Å². The van der Waals surface area contributed by atoms with Crippen LogP contribution in [0.1, 0.15) is 23.4 Å². The van der Waals surface area contributed by atoms with Gasteiger partial charge in [-0.1, -0.05) is 17.3 Å². The zero-order chi connectivity index (χ0) is 25.8. The van der Waals surface area contributed by atoms with Gasteiger partial charge in [0, 0.05) is 31.3 Å². The van der Waals surface area contributed by atoms with Crippen molar-refractivity contribution in [2.45, 2.75) is 26.0 Å². The first kappa shape index (κ1) is 24.9. The monoisotopic (exact) mass is 502 g/mol. The van der Waals surface area contributed by atoms with Crippen LogP contribution in [0.25, 0.3) is 5.69 Å². The fraction of sp³-hybridized carbons (Fsp3) is 0.364. The van der Waals surface area contributed by atoms with E-state index < -0.39 is 24.3 Å². The lowest BCUT2D eigenvalue weighted by Gasteiger charge is -2.39. The fourth-order valence-corrected chi connectivity index (χ4v) is 3.86. The van der Waals surface area contributed by atoms with Gasteiger partial charge in [-0.05, 0) is 25.1 Å². The molecule has 3 aromatic rings. The van der Waals surface area contributed by atoms with E-state index in [-0.39, 0.29) is 31.1 Å². The number of carbonyl (C=O) groups is 2. The van der Waals surface area contributed by atoms with Crippen LogP contribution >= 0.6 is 0 Å². The molecule has 1 fully saturated rings. The number of ether oxygens (including phenoxy) is 1. The average Bonchev–Trinajstić information content (AvgIpc) is 3.23. The Labute approximate surface area is 204 Å². The van der Waals surface area contributed by atoms with Crippen LogP contribution in [0.4, 0.5) is 14.6 Å². The molecule has 2 aromatic heterocycles. The van der Waals surface area contributed by atoms with Gasteiger partial charge in [0.1, 0.15) is 18.3 Å². The number of aromatic nitrogens is 5. The fourth-order valence-electron chi connectivity index (χ4n) is 3.86. The predicted octanol–water partition coefficient (Wildman–Crippen LogP) is 0.943. The van der Waals surface area contributed by atoms with Crippen molar-refractivity contribution < 1.29 is 28.2 Å². The number of hydrogen-bond acceptors (Lipinski definition) is 9. The van der Waals surface area contributed by atoms with Crippen LogP contribution in [0.15, 0.2) is 36.4 Å². The van der Waals surface area contributed by atoms with Crippen LogP contribution in [0.2, 0.25) is 0 Å². The van der Waals surface area contributed by atoms with E-state index in [9.17, 15) is 23.5 Å². The van der Waals surface area contributed by atoms with Crippen LogP contribution in [0.5, 0.6) is 5.88 Å². The van der Waals surface area contributed by atoms with Crippen LogP contribution in [0.3, 0.4) is 0 Å². The quantitative estimate of drug-likeness (QED) is 0.432. The number of hydrogen-bond donors (Lipinski definition) is 2. The molecule has 4 rings (SSSR count). The summed E-state index contributed by atoms with van der Waals surface area (Å²) in [4.78, 5) is 26.2. The zero-order valence-electron chi connectivity index (χ0n) is 19.3. The Morgan fingerprint density at radius 3 is 2.50 bits per heavy atom. The summed E-state index contributed by atoms with van der Waals surface area (Å²) in [5.74, 6) is -0.957. The number of alkyl halides is 2. The molecule has 12 nitrogen and oxygen atoms in total. The first-order chi connectivity index (χ1) is 17.2. The first-order valence-electron chi connectivity index (χ1n) is 11.0. The second-order valence-corrected chi connectivity index (χ2v) is 8.18. The molecular formula is C22H24F2N8O4. The van der Waals surface area contributed by atoms with Crippen LogP contribution in [-0.2, 0) is 16.2 Å². The topological polar surface area (TPSA) is 153 Å². The van der Waals surface area contributed by atoms with E-state index in [1.54, 1.807) is 24.0 Å². The standard InChI is InChI=1S/C22H24F2N8O4/c1-13-17(32(29-26-13)15-4-2-14(3-5-15)21(23)24)12-36-20-7-6-19(27-28-20)31-9-8-30(11-18(25)33)16(10-31)22(34)35/h2-7,16,21H,8-12H2,1H3,(H2,25,33)(H,34,35). The van der Waals surface area contributed by atoms with E-state index in [4.69, 9.17) is 10.5 Å². The summed E-state index contributed by atoms with van der Waals surface area (Å²) in [5, 5.41) is 25.9. The van der Waals surface area contributed by atoms with E-state index in [2.05, 4.69) is 20.5 Å². The van der Waals surface area contributed by atoms with Crippen molar-refractivity contribution in [3.63, 3.8) is 0 Å². The summed E-state index contributed by atoms with van der Waals surface area (Å²) in [6, 6.07) is 8.08. The number of anilines is 1. The Morgan fingerprint density at radius 2 is 1.89 bits per heavy atom. The minimum atomic E-state index is -2.56. The zero-order valence-corrected chi connectivity index (χ0v) is 19.3. The average molecular weight is 502 g/mol. The molecule has 36 heavy (non-hydrogen) atoms. The minimum Gasteiger partial charge on any atom is -0.480 e. The third kappa shape index (κ3) is 5.54. The van der Waals surface area contributed by atoms with Crippen molar-refractivity contribution in [3.8, 4) is 11.6 Å². The Balaban J connectivity index is 1.41. The Hall–Kier alpha value is -4.20. The number of benzene rings is 1. The Kier molecular flexibility index (Phi) is 7.33. The molecular weight excluding hydrogens is 478 g/mol. The maximum Gasteiger partial charge on any atom is 0.322 e. The molecule has 1 atom stereocenters. The van der Waals surface area contributed by atoms with Gasteiger partial charge in [-0.15, -0.1) is 15.3 Å². The molecule has 3 heterocycles. The predicted molar refractivity (Wildman–Crippen MR) is 122 cm³/mol. The molecule has 190 valence electrons. The molecule has 0 bridgehead atoms. The highest BCUT2D eigenvalue weighted by Crippen LogP contribution is 2.22. The summed E-state index contributed by atoms with van der Waals surface area (Å²) in [7, 11) is 0. The molecule has 1 saturated heterocycles. The van der Waals surface area contributed by atoms with Crippen molar-refractivity contribution in [2.24, 2.45) is 5.73 Å². The smallest absolute Gasteiger partial charge is 0.322 e. The second-order valence-electron chi connectivity index (χ2n) is 8.18. The van der Waals surface area contributed by atoms with Gasteiger partial charge in [-0.25, -0.2) is 13.5 Å². The van der Waals surface area contributed by atoms with Gasteiger partial charge in [-0.3, -0.25) is 14.5 Å². The maximum atomic E-state index is 12.8. The molecule has 14 heteroatoms. The van der Waals surface area contributed by atoms with Gasteiger partial charge >= 0.3 is 5.97 Å². The number of carboxylic acids is 1. The molecule has 3 N–H and O–H groups in total. The highest BCUT2D eigenvalue weighted by molar-refractivity contribution is 5.79. The van der Waals surface area contributed by atoms with Gasteiger partial charge in [0.25, 0.3) is 6.43 Å². The molecule has 1 aliphatic heterocycles. The third-order valence-electron chi connectivity index (χ3n) is 5.79. The summed E-state index contributed by atoms with van der Waals surface area (Å²) in [5.41, 5.74) is 6.90. The van der Waals surface area contributed by atoms with Crippen molar-refractivity contribution in [3.05, 3.63) is 53.3 Å². The summed E-state index contributed by atoms with van der Waals surface area (Å²) < 4.78 is 32.9. The molecule has 1 aromatic carbocycles. The number of amides is 1. The normalized spacial score (nSPS) is 16.3. The van der Waals surface area contributed by atoms with E-state index >= 15 is 0 Å². The van der Waals surface area contributed by atoms with Gasteiger partial charge < -0.3 is 20.5 Å². The summed E-state index contributed by atoms with van der Waals surface area (Å²) in [6.45, 7) is 2.56. The molecule has 0 radical (unpaired) electrons. The van der Waals surface area contributed by atoms with E-state index in [1.807, 2.05) is 0 Å². The summed E-state index contributed by atoms with van der Waals surface area (Å²) in [6.07, 6.45) is -2.56. The SMILES string of the molecule is Cc1nnn(-c2ccc(C(F)F)cc2)c1COc1ccc(N2CCN(CC(N)=O)C(C(=O)O)C2)nn1. The van der Waals surface area contributed by atoms with Crippen LogP contribution in [-0.4, -0.2) is 79.3 Å². The number of piperazine rings is 1. The number of aliphatic carboxylic acids is 1. The van der Waals surface area contributed by atoms with E-state index in [1.165, 1.54) is 33.8 Å². The molecule has 1 aliphatic rings. The Morgan fingerprint density at radius 1 is 1.14 bits per heavy atom. The number of nitrogens with two attached hydrogens (primary N) is 1. The van der Waals surface area contributed by atoms with Gasteiger partial charge in [0.15, 0.2) is 5.82 Å². The van der Waals surface area contributed by atoms with Crippen molar-refractivity contribution in [1.29, 1.82) is 0 Å². The van der Waals surface area contributed by atoms with Gasteiger partial charge in [-0.2, -0.15) is 0 Å². The lowest BCUT2D eigenvalue weighted by molar-refractivity contribution is -0.144. The number of halogens is 2. The molecule has 0 spiro atoms. The lowest BCUT2D eigenvalue weighted by Crippen LogP contribution is -2.58. The number of aryl methyl sites for hydroxylation is 1. The number of carboxylic acid groups (broad SMARTS) is 1. The van der Waals surface area contributed by atoms with Gasteiger partial charge in [0.2, 0.25) is 11.8 Å². The number of rotatable bonds is 9. The largest absolute Gasteiger partial charge is 0.480 e. The highest BCUT2D eigenvalue weighted by Gasteiger charge is 2.33. The van der Waals surface area contributed by atoms with Crippen LogP contribution < -0.4 is 15.4 Å². The Bertz CT molecular complexity index is 1220. The molecule has 1 unspecified atom stereocenters. The number of primary amides is 1. The molecule has 1 amide bonds. The molecule has 0 aliphatic carbocycles. The van der Waals surface area contributed by atoms with Gasteiger partial charge in [0.05, 0.1) is 17.9 Å². The number of carbonyl (C=O) groups excluding carboxylic acids is 1. The lowest BCUT2D eigenvalue weighted by atomic mass is 10.1. The van der Waals surface area contributed by atoms with Crippen molar-refractivity contribution in [2.75, 3.05) is 31.1 Å². The summed E-state index contributed by atoms with van der Waals surface area (Å²) >= 11 is 0. The first-order valence-corrected chi connectivity index (χ1v) is 11.0. The van der Waals surface area contributed by atoms with Crippen molar-refractivity contribution in [1.82, 2.24) is 30.1 Å². The van der Waals surface area contributed by atoms with Crippen molar-refractivity contribution >= 4 is 17.7 Å². The highest BCUT2D eigenvalue weighted by atomic mass is 19.3. The third-order valence-corrected chi connectivity index (χ3v) is 5.79. The molecule has 0 saturated carbocycles. The minimum absolute atomic E-state index is 0.0519. The van der Waals surface area contributed by atoms with E-state index in [0.717, 1.165) is 0 Å².